The number of nitrogens with zero attached hydrogens (tertiary/aromatic N) is 5. The molecule has 0 bridgehead atoms. The van der Waals surface area contributed by atoms with E-state index in [0.29, 0.717) is 42.1 Å². The van der Waals surface area contributed by atoms with Crippen molar-refractivity contribution in [1.29, 1.82) is 0 Å². The fraction of sp³-hybridized carbons (Fsp3) is 0.361. The zero-order chi connectivity index (χ0) is 35.6. The zero-order valence-corrected chi connectivity index (χ0v) is 29.1. The van der Waals surface area contributed by atoms with E-state index in [2.05, 4.69) is 38.9 Å². The first-order valence-corrected chi connectivity index (χ1v) is 16.2. The molecule has 0 atom stereocenters. The molecule has 14 heteroatoms. The molecule has 1 amide bonds. The third kappa shape index (κ3) is 8.62. The van der Waals surface area contributed by atoms with Crippen LogP contribution in [0.5, 0.6) is 34.5 Å². The summed E-state index contributed by atoms with van der Waals surface area (Å²) in [5.41, 5.74) is 0.679. The number of rotatable bonds is 14. The zero-order valence-electron chi connectivity index (χ0n) is 29.1. The van der Waals surface area contributed by atoms with Gasteiger partial charge in [-0.15, -0.1) is 0 Å². The smallest absolute Gasteiger partial charge is 0.426 e. The van der Waals surface area contributed by atoms with Crippen LogP contribution in [0.1, 0.15) is 13.8 Å². The number of methoxy groups -OCH3 is 4. The predicted octanol–water partition coefficient (Wildman–Crippen LogP) is 6.14. The van der Waals surface area contributed by atoms with Crippen LogP contribution in [0.15, 0.2) is 66.9 Å². The van der Waals surface area contributed by atoms with Crippen LogP contribution in [0.4, 0.5) is 32.3 Å². The third-order valence-corrected chi connectivity index (χ3v) is 8.24. The summed E-state index contributed by atoms with van der Waals surface area (Å²) in [5.74, 6) is 1.28. The van der Waals surface area contributed by atoms with Gasteiger partial charge in [0.1, 0.15) is 23.9 Å². The van der Waals surface area contributed by atoms with Gasteiger partial charge in [0, 0.05) is 68.8 Å². The van der Waals surface area contributed by atoms with Gasteiger partial charge in [0.2, 0.25) is 11.7 Å². The van der Waals surface area contributed by atoms with E-state index in [1.54, 1.807) is 48.5 Å². The first-order valence-electron chi connectivity index (χ1n) is 16.2. The minimum Gasteiger partial charge on any atom is -0.497 e. The predicted molar refractivity (Wildman–Crippen MR) is 188 cm³/mol. The molecule has 13 nitrogen and oxygen atoms in total. The lowest BCUT2D eigenvalue weighted by Gasteiger charge is -2.36. The minimum absolute atomic E-state index is 0.0684. The Hall–Kier alpha value is -5.34. The summed E-state index contributed by atoms with van der Waals surface area (Å²) in [5, 5.41) is 3.01. The van der Waals surface area contributed by atoms with E-state index in [1.807, 2.05) is 0 Å². The number of hydrogen-bond donors (Lipinski definition) is 1. The molecule has 1 aliphatic heterocycles. The lowest BCUT2D eigenvalue weighted by Crippen LogP contribution is -2.49. The van der Waals surface area contributed by atoms with Gasteiger partial charge >= 0.3 is 6.09 Å². The molecule has 1 fully saturated rings. The number of para-hydroxylation sites is 1. The summed E-state index contributed by atoms with van der Waals surface area (Å²) in [6.45, 7) is 9.44. The molecule has 1 N–H and O–H groups in total. The van der Waals surface area contributed by atoms with E-state index >= 15 is 4.39 Å². The van der Waals surface area contributed by atoms with Crippen molar-refractivity contribution < 1.29 is 37.6 Å². The van der Waals surface area contributed by atoms with Gasteiger partial charge in [-0.2, -0.15) is 4.98 Å². The van der Waals surface area contributed by atoms with Gasteiger partial charge in [0.15, 0.2) is 23.1 Å². The topological polar surface area (TPSA) is 120 Å². The highest BCUT2D eigenvalue weighted by Crippen LogP contribution is 2.40. The highest BCUT2D eigenvalue weighted by atomic mass is 19.1. The van der Waals surface area contributed by atoms with Crippen molar-refractivity contribution in [3.63, 3.8) is 0 Å². The number of carbonyl (C=O) groups is 1. The highest BCUT2D eigenvalue weighted by Gasteiger charge is 2.28. The molecule has 0 spiro atoms. The van der Waals surface area contributed by atoms with Gasteiger partial charge in [0.05, 0.1) is 34.1 Å². The van der Waals surface area contributed by atoms with Gasteiger partial charge in [-0.05, 0) is 50.2 Å². The monoisotopic (exact) mass is 690 g/mol. The van der Waals surface area contributed by atoms with E-state index in [1.165, 1.54) is 51.7 Å². The first kappa shape index (κ1) is 36.0. The molecule has 50 heavy (non-hydrogen) atoms. The number of hydrogen-bond acceptors (Lipinski definition) is 12. The molecular formula is C36H43FN6O7. The van der Waals surface area contributed by atoms with Crippen molar-refractivity contribution in [2.24, 2.45) is 0 Å². The van der Waals surface area contributed by atoms with Crippen LogP contribution < -0.4 is 38.6 Å². The van der Waals surface area contributed by atoms with Gasteiger partial charge in [0.25, 0.3) is 0 Å². The van der Waals surface area contributed by atoms with Gasteiger partial charge < -0.3 is 33.7 Å². The Balaban J connectivity index is 1.35. The van der Waals surface area contributed by atoms with Crippen molar-refractivity contribution in [2.75, 3.05) is 78.0 Å². The number of nitrogens with one attached hydrogen (secondary N) is 1. The van der Waals surface area contributed by atoms with Crippen molar-refractivity contribution in [3.8, 4) is 34.5 Å². The maximum atomic E-state index is 15.1. The van der Waals surface area contributed by atoms with Crippen molar-refractivity contribution in [2.45, 2.75) is 19.9 Å². The molecule has 3 aromatic carbocycles. The first-order chi connectivity index (χ1) is 24.2. The quantitative estimate of drug-likeness (QED) is 0.164. The lowest BCUT2D eigenvalue weighted by atomic mass is 10.2. The summed E-state index contributed by atoms with van der Waals surface area (Å²) < 4.78 is 48.6. The van der Waals surface area contributed by atoms with Gasteiger partial charge in [-0.25, -0.2) is 19.1 Å². The second kappa shape index (κ2) is 16.9. The Morgan fingerprint density at radius 2 is 1.60 bits per heavy atom. The van der Waals surface area contributed by atoms with E-state index in [0.717, 1.165) is 26.2 Å². The number of aromatic nitrogens is 2. The van der Waals surface area contributed by atoms with Crippen LogP contribution in [-0.4, -0.2) is 99.7 Å². The second-order valence-electron chi connectivity index (χ2n) is 11.6. The minimum atomic E-state index is -0.852. The van der Waals surface area contributed by atoms with Crippen LogP contribution in [0.3, 0.4) is 0 Å². The maximum Gasteiger partial charge on any atom is 0.426 e. The summed E-state index contributed by atoms with van der Waals surface area (Å²) in [4.78, 5) is 28.8. The van der Waals surface area contributed by atoms with Gasteiger partial charge in [-0.1, -0.05) is 6.07 Å². The van der Waals surface area contributed by atoms with Crippen molar-refractivity contribution in [1.82, 2.24) is 19.8 Å². The largest absolute Gasteiger partial charge is 0.497 e. The normalized spacial score (nSPS) is 13.4. The summed E-state index contributed by atoms with van der Waals surface area (Å²) in [6, 6.07) is 16.5. The van der Waals surface area contributed by atoms with Crippen LogP contribution in [0.2, 0.25) is 0 Å². The number of anilines is 4. The summed E-state index contributed by atoms with van der Waals surface area (Å²) >= 11 is 0. The molecule has 1 aliphatic rings. The summed E-state index contributed by atoms with van der Waals surface area (Å²) in [6.07, 6.45) is 0.606. The SMILES string of the molecule is COc1ccc(N(C(=O)Oc2c(OC)cccc2OC)c2ccnc(Nc3ccc(OCCN4CCN(C(C)C)CC4)c(F)c3)n2)c(OC)c1. The van der Waals surface area contributed by atoms with Crippen LogP contribution in [0.25, 0.3) is 0 Å². The third-order valence-electron chi connectivity index (χ3n) is 8.24. The Labute approximate surface area is 291 Å². The van der Waals surface area contributed by atoms with Crippen LogP contribution in [0, 0.1) is 5.82 Å². The Morgan fingerprint density at radius 1 is 0.880 bits per heavy atom. The lowest BCUT2D eigenvalue weighted by molar-refractivity contribution is 0.0965. The van der Waals surface area contributed by atoms with Crippen LogP contribution >= 0.6 is 0 Å². The molecule has 0 radical (unpaired) electrons. The molecular weight excluding hydrogens is 647 g/mol. The molecule has 266 valence electrons. The molecule has 4 aromatic rings. The molecule has 5 rings (SSSR count). The highest BCUT2D eigenvalue weighted by molar-refractivity contribution is 5.98. The number of amides is 1. The van der Waals surface area contributed by atoms with E-state index < -0.39 is 11.9 Å². The number of carbonyl (C=O) groups excluding carboxylic acids is 1. The molecule has 0 unspecified atom stereocenters. The van der Waals surface area contributed by atoms with Gasteiger partial charge in [-0.3, -0.25) is 9.80 Å². The second-order valence-corrected chi connectivity index (χ2v) is 11.6. The maximum absolute atomic E-state index is 15.1. The number of ether oxygens (including phenoxy) is 6. The fourth-order valence-electron chi connectivity index (χ4n) is 5.48. The average molecular weight is 691 g/mol. The Morgan fingerprint density at radius 3 is 2.24 bits per heavy atom. The number of benzene rings is 3. The van der Waals surface area contributed by atoms with Crippen LogP contribution in [-0.2, 0) is 0 Å². The molecule has 1 aromatic heterocycles. The van der Waals surface area contributed by atoms with E-state index in [4.69, 9.17) is 28.4 Å². The molecule has 0 aliphatic carbocycles. The van der Waals surface area contributed by atoms with E-state index in [-0.39, 0.29) is 34.8 Å². The molecule has 1 saturated heterocycles. The van der Waals surface area contributed by atoms with Crippen molar-refractivity contribution >= 4 is 29.2 Å². The molecule has 2 heterocycles. The number of piperazine rings is 1. The fourth-order valence-corrected chi connectivity index (χ4v) is 5.48. The molecule has 0 saturated carbocycles. The Kier molecular flexibility index (Phi) is 12.1. The average Bonchev–Trinajstić information content (AvgIpc) is 3.13. The Bertz CT molecular complexity index is 1730. The standard InChI is InChI=1S/C36H43FN6O7/c1-24(2)42-18-16-41(17-19-42)20-21-49-29-13-10-25(22-27(29)37)39-35-38-15-14-33(40-35)43(28-12-11-26(45-3)23-32(28)48-6)36(44)50-34-30(46-4)8-7-9-31(34)47-5/h7-15,22-24H,16-21H2,1-6H3,(H,38,39,40). The van der Waals surface area contributed by atoms with E-state index in [9.17, 15) is 4.79 Å². The van der Waals surface area contributed by atoms with Crippen molar-refractivity contribution in [3.05, 3.63) is 72.7 Å². The summed E-state index contributed by atoms with van der Waals surface area (Å²) in [7, 11) is 5.90. The number of halogens is 1.